The van der Waals surface area contributed by atoms with Gasteiger partial charge in [0.15, 0.2) is 5.78 Å². The second-order valence-electron chi connectivity index (χ2n) is 4.02. The van der Waals surface area contributed by atoms with Crippen LogP contribution in [-0.2, 0) is 4.79 Å². The Morgan fingerprint density at radius 2 is 1.83 bits per heavy atom. The van der Waals surface area contributed by atoms with E-state index in [0.29, 0.717) is 17.0 Å². The molecule has 0 radical (unpaired) electrons. The molecule has 1 aliphatic carbocycles. The Morgan fingerprint density at radius 3 is 2.44 bits per heavy atom. The molecular weight excluding hydrogens is 230 g/mol. The van der Waals surface area contributed by atoms with Crippen molar-refractivity contribution in [3.63, 3.8) is 0 Å². The smallest absolute Gasteiger partial charge is 0.179 e. The van der Waals surface area contributed by atoms with Crippen LogP contribution in [0.25, 0.3) is 0 Å². The van der Waals surface area contributed by atoms with E-state index in [0.717, 1.165) is 0 Å². The Kier molecular flexibility index (Phi) is 3.39. The topological polar surface area (TPSA) is 69.9 Å². The number of phenols is 1. The number of hydrogen-bond acceptors (Lipinski definition) is 4. The lowest BCUT2D eigenvalue weighted by atomic mass is 9.98. The fraction of sp³-hybridized carbons (Fsp3) is 0.143. The maximum atomic E-state index is 11.3. The van der Waals surface area contributed by atoms with Crippen LogP contribution in [0.3, 0.4) is 0 Å². The minimum Gasteiger partial charge on any atom is -0.508 e. The minimum atomic E-state index is -0.755. The van der Waals surface area contributed by atoms with Gasteiger partial charge in [0.1, 0.15) is 5.75 Å². The average Bonchev–Trinajstić information content (AvgIpc) is 2.34. The molecule has 0 aliphatic heterocycles. The molecule has 0 bridgehead atoms. The van der Waals surface area contributed by atoms with Gasteiger partial charge in [-0.1, -0.05) is 0 Å². The molecule has 1 unspecified atom stereocenters. The van der Waals surface area contributed by atoms with Crippen molar-refractivity contribution in [1.29, 1.82) is 0 Å². The van der Waals surface area contributed by atoms with Gasteiger partial charge in [0.05, 0.1) is 17.5 Å². The SMILES string of the molecule is CC(O)C1=CC(=O)C=CC1=Nc1ccc(O)cc1. The molecule has 4 heteroatoms. The number of aliphatic hydroxyl groups is 1. The van der Waals surface area contributed by atoms with Gasteiger partial charge in [-0.15, -0.1) is 0 Å². The molecule has 2 N–H and O–H groups in total. The van der Waals surface area contributed by atoms with Crippen LogP contribution < -0.4 is 0 Å². The largest absolute Gasteiger partial charge is 0.508 e. The maximum absolute atomic E-state index is 11.3. The first-order chi connectivity index (χ1) is 8.56. The number of phenolic OH excluding ortho intramolecular Hbond substituents is 1. The summed E-state index contributed by atoms with van der Waals surface area (Å²) in [7, 11) is 0. The standard InChI is InChI=1S/C14H13NO3/c1-9(16)13-8-12(18)6-7-14(13)15-10-2-4-11(17)5-3-10/h2-9,16-17H,1H3. The first-order valence-corrected chi connectivity index (χ1v) is 5.56. The molecule has 4 nitrogen and oxygen atoms in total. The summed E-state index contributed by atoms with van der Waals surface area (Å²) in [6.45, 7) is 1.59. The van der Waals surface area contributed by atoms with E-state index in [9.17, 15) is 15.0 Å². The van der Waals surface area contributed by atoms with Gasteiger partial charge in [0, 0.05) is 5.57 Å². The minimum absolute atomic E-state index is 0.157. The number of aliphatic hydroxyl groups excluding tert-OH is 1. The fourth-order valence-electron chi connectivity index (χ4n) is 1.64. The number of aromatic hydroxyl groups is 1. The van der Waals surface area contributed by atoms with E-state index in [2.05, 4.69) is 4.99 Å². The summed E-state index contributed by atoms with van der Waals surface area (Å²) in [4.78, 5) is 15.6. The summed E-state index contributed by atoms with van der Waals surface area (Å²) >= 11 is 0. The summed E-state index contributed by atoms with van der Waals surface area (Å²) in [6, 6.07) is 6.38. The average molecular weight is 243 g/mol. The first kappa shape index (κ1) is 12.3. The second-order valence-corrected chi connectivity index (χ2v) is 4.02. The van der Waals surface area contributed by atoms with Crippen molar-refractivity contribution in [2.45, 2.75) is 13.0 Å². The van der Waals surface area contributed by atoms with Crippen LogP contribution in [0.15, 0.2) is 53.1 Å². The van der Waals surface area contributed by atoms with Crippen molar-refractivity contribution in [3.8, 4) is 5.75 Å². The summed E-state index contributed by atoms with van der Waals surface area (Å²) in [5.41, 5.74) is 1.69. The van der Waals surface area contributed by atoms with E-state index in [1.165, 1.54) is 24.3 Å². The van der Waals surface area contributed by atoms with Crippen LogP contribution in [0.1, 0.15) is 6.92 Å². The monoisotopic (exact) mass is 243 g/mol. The third-order valence-corrected chi connectivity index (χ3v) is 2.55. The molecule has 1 aromatic carbocycles. The molecule has 0 spiro atoms. The van der Waals surface area contributed by atoms with E-state index in [-0.39, 0.29) is 11.5 Å². The van der Waals surface area contributed by atoms with Crippen LogP contribution in [0.5, 0.6) is 5.75 Å². The molecule has 1 aliphatic rings. The van der Waals surface area contributed by atoms with Crippen molar-refractivity contribution in [2.75, 3.05) is 0 Å². The number of carbonyl (C=O) groups excluding carboxylic acids is 1. The second kappa shape index (κ2) is 4.98. The molecule has 1 aromatic rings. The zero-order valence-electron chi connectivity index (χ0n) is 9.87. The van der Waals surface area contributed by atoms with Gasteiger partial charge in [-0.05, 0) is 49.4 Å². The van der Waals surface area contributed by atoms with E-state index >= 15 is 0 Å². The molecule has 0 heterocycles. The van der Waals surface area contributed by atoms with Gasteiger partial charge in [-0.25, -0.2) is 4.99 Å². The number of carbonyl (C=O) groups is 1. The summed E-state index contributed by atoms with van der Waals surface area (Å²) in [6.07, 6.45) is 3.61. The number of hydrogen-bond donors (Lipinski definition) is 2. The Balaban J connectivity index is 2.37. The van der Waals surface area contributed by atoms with E-state index in [1.807, 2.05) is 0 Å². The highest BCUT2D eigenvalue weighted by Gasteiger charge is 2.15. The zero-order valence-corrected chi connectivity index (χ0v) is 9.87. The van der Waals surface area contributed by atoms with Gasteiger partial charge >= 0.3 is 0 Å². The lowest BCUT2D eigenvalue weighted by Gasteiger charge is -2.13. The number of benzene rings is 1. The predicted molar refractivity (Wildman–Crippen MR) is 69.1 cm³/mol. The van der Waals surface area contributed by atoms with Crippen LogP contribution >= 0.6 is 0 Å². The number of ketones is 1. The van der Waals surface area contributed by atoms with Crippen LogP contribution in [0.2, 0.25) is 0 Å². The maximum Gasteiger partial charge on any atom is 0.179 e. The molecule has 0 amide bonds. The molecule has 1 atom stereocenters. The highest BCUT2D eigenvalue weighted by Crippen LogP contribution is 2.20. The Hall–Kier alpha value is -2.20. The first-order valence-electron chi connectivity index (χ1n) is 5.56. The van der Waals surface area contributed by atoms with Crippen molar-refractivity contribution in [3.05, 3.63) is 48.1 Å². The number of rotatable bonds is 2. The molecular formula is C14H13NO3. The Morgan fingerprint density at radius 1 is 1.17 bits per heavy atom. The summed E-state index contributed by atoms with van der Waals surface area (Å²) in [5, 5.41) is 18.8. The highest BCUT2D eigenvalue weighted by atomic mass is 16.3. The molecule has 0 aromatic heterocycles. The van der Waals surface area contributed by atoms with Crippen molar-refractivity contribution >= 4 is 17.2 Å². The predicted octanol–water partition coefficient (Wildman–Crippen LogP) is 1.91. The molecule has 18 heavy (non-hydrogen) atoms. The molecule has 2 rings (SSSR count). The van der Waals surface area contributed by atoms with Crippen LogP contribution in [0.4, 0.5) is 5.69 Å². The number of nitrogens with zero attached hydrogens (tertiary/aromatic N) is 1. The van der Waals surface area contributed by atoms with Crippen molar-refractivity contribution in [2.24, 2.45) is 4.99 Å². The third kappa shape index (κ3) is 2.73. The van der Waals surface area contributed by atoms with Gasteiger partial charge in [0.25, 0.3) is 0 Å². The van der Waals surface area contributed by atoms with Crippen molar-refractivity contribution in [1.82, 2.24) is 0 Å². The van der Waals surface area contributed by atoms with Crippen molar-refractivity contribution < 1.29 is 15.0 Å². The third-order valence-electron chi connectivity index (χ3n) is 2.55. The summed E-state index contributed by atoms with van der Waals surface area (Å²) < 4.78 is 0. The lowest BCUT2D eigenvalue weighted by molar-refractivity contribution is -0.110. The molecule has 92 valence electrons. The highest BCUT2D eigenvalue weighted by molar-refractivity contribution is 6.20. The van der Waals surface area contributed by atoms with Gasteiger partial charge in [0.2, 0.25) is 0 Å². The zero-order chi connectivity index (χ0) is 13.1. The quantitative estimate of drug-likeness (QED) is 0.779. The van der Waals surface area contributed by atoms with Crippen LogP contribution in [-0.4, -0.2) is 27.8 Å². The van der Waals surface area contributed by atoms with Gasteiger partial charge in [-0.2, -0.15) is 0 Å². The molecule has 0 saturated carbocycles. The normalized spacial score (nSPS) is 18.9. The van der Waals surface area contributed by atoms with E-state index < -0.39 is 6.10 Å². The number of aliphatic imine (C=N–C) groups is 1. The van der Waals surface area contributed by atoms with E-state index in [4.69, 9.17) is 0 Å². The number of allylic oxidation sites excluding steroid dienone is 3. The summed E-state index contributed by atoms with van der Waals surface area (Å²) in [5.74, 6) is 0.00941. The molecule has 0 fully saturated rings. The van der Waals surface area contributed by atoms with E-state index in [1.54, 1.807) is 25.1 Å². The van der Waals surface area contributed by atoms with Crippen LogP contribution in [0, 0.1) is 0 Å². The van der Waals surface area contributed by atoms with Gasteiger partial charge in [-0.3, -0.25) is 4.79 Å². The van der Waals surface area contributed by atoms with Gasteiger partial charge < -0.3 is 10.2 Å². The molecule has 0 saturated heterocycles. The fourth-order valence-corrected chi connectivity index (χ4v) is 1.64. The Bertz CT molecular complexity index is 551. The lowest BCUT2D eigenvalue weighted by Crippen LogP contribution is -2.17. The Labute approximate surface area is 105 Å².